The molecule has 0 saturated heterocycles. The summed E-state index contributed by atoms with van der Waals surface area (Å²) in [5, 5.41) is 32.4. The molecule has 0 aromatic heterocycles. The van der Waals surface area contributed by atoms with Gasteiger partial charge in [0.1, 0.15) is 0 Å². The molecule has 192 valence electrons. The van der Waals surface area contributed by atoms with Crippen LogP contribution in [0.15, 0.2) is 11.6 Å². The van der Waals surface area contributed by atoms with E-state index in [0.29, 0.717) is 18.3 Å². The molecule has 34 heavy (non-hydrogen) atoms. The van der Waals surface area contributed by atoms with Gasteiger partial charge in [0, 0.05) is 0 Å². The van der Waals surface area contributed by atoms with Crippen molar-refractivity contribution in [2.45, 2.75) is 118 Å². The SMILES string of the molecule is CC1(C)CC[C@]2(C(=O)O)CC[C@]3(C)C(=CC[C@H]4[C@@]5(C)C[C@@H](O)[C@H](O)C(C)(C)[C@H]5CC[C@]43C)[C@@H]2C1. The highest BCUT2D eigenvalue weighted by molar-refractivity contribution is 5.76. The lowest BCUT2D eigenvalue weighted by molar-refractivity contribution is -0.231. The molecule has 4 fully saturated rings. The molecule has 3 N–H and O–H groups in total. The van der Waals surface area contributed by atoms with Crippen LogP contribution < -0.4 is 0 Å². The second-order valence-corrected chi connectivity index (χ2v) is 15.2. The molecule has 0 aromatic rings. The molecule has 0 unspecified atom stereocenters. The van der Waals surface area contributed by atoms with Crippen LogP contribution in [0.5, 0.6) is 0 Å². The first-order valence-electron chi connectivity index (χ1n) is 13.9. The molecular weight excluding hydrogens is 424 g/mol. The van der Waals surface area contributed by atoms with Gasteiger partial charge in [-0.2, -0.15) is 0 Å². The summed E-state index contributed by atoms with van der Waals surface area (Å²) < 4.78 is 0. The van der Waals surface area contributed by atoms with Crippen LogP contribution in [-0.2, 0) is 4.79 Å². The van der Waals surface area contributed by atoms with Crippen LogP contribution in [-0.4, -0.2) is 33.5 Å². The molecule has 0 aromatic carbocycles. The maximum absolute atomic E-state index is 12.8. The van der Waals surface area contributed by atoms with Crippen molar-refractivity contribution in [2.75, 3.05) is 0 Å². The molecule has 0 bridgehead atoms. The number of carbonyl (C=O) groups is 1. The Balaban J connectivity index is 1.61. The molecule has 5 aliphatic rings. The van der Waals surface area contributed by atoms with Crippen LogP contribution in [0.3, 0.4) is 0 Å². The van der Waals surface area contributed by atoms with E-state index in [4.69, 9.17) is 0 Å². The van der Waals surface area contributed by atoms with Gasteiger partial charge >= 0.3 is 5.97 Å². The predicted molar refractivity (Wildman–Crippen MR) is 134 cm³/mol. The minimum Gasteiger partial charge on any atom is -0.481 e. The number of allylic oxidation sites excluding steroid dienone is 2. The molecule has 9 atom stereocenters. The highest BCUT2D eigenvalue weighted by Gasteiger charge is 2.70. The molecule has 5 aliphatic carbocycles. The molecule has 0 radical (unpaired) electrons. The van der Waals surface area contributed by atoms with Crippen molar-refractivity contribution in [2.24, 2.45) is 50.2 Å². The zero-order chi connectivity index (χ0) is 25.1. The van der Waals surface area contributed by atoms with E-state index < -0.39 is 23.6 Å². The van der Waals surface area contributed by atoms with Gasteiger partial charge in [0.2, 0.25) is 0 Å². The summed E-state index contributed by atoms with van der Waals surface area (Å²) in [5.74, 6) is 0.365. The highest BCUT2D eigenvalue weighted by Crippen LogP contribution is 2.75. The Morgan fingerprint density at radius 1 is 0.882 bits per heavy atom. The molecule has 4 saturated carbocycles. The van der Waals surface area contributed by atoms with Gasteiger partial charge in [-0.25, -0.2) is 0 Å². The Kier molecular flexibility index (Phi) is 5.20. The second kappa shape index (κ2) is 7.12. The van der Waals surface area contributed by atoms with Crippen LogP contribution in [0.2, 0.25) is 0 Å². The van der Waals surface area contributed by atoms with Gasteiger partial charge in [0.15, 0.2) is 0 Å². The summed E-state index contributed by atoms with van der Waals surface area (Å²) in [6.07, 6.45) is 9.45. The Labute approximate surface area is 206 Å². The fourth-order valence-electron chi connectivity index (χ4n) is 10.8. The molecule has 4 heteroatoms. The minimum absolute atomic E-state index is 0.00785. The zero-order valence-corrected chi connectivity index (χ0v) is 22.6. The topological polar surface area (TPSA) is 77.8 Å². The van der Waals surface area contributed by atoms with E-state index in [9.17, 15) is 20.1 Å². The van der Waals surface area contributed by atoms with Gasteiger partial charge in [0.25, 0.3) is 0 Å². The van der Waals surface area contributed by atoms with Gasteiger partial charge in [-0.15, -0.1) is 0 Å². The largest absolute Gasteiger partial charge is 0.481 e. The molecule has 5 rings (SSSR count). The summed E-state index contributed by atoms with van der Waals surface area (Å²) in [7, 11) is 0. The quantitative estimate of drug-likeness (QED) is 0.397. The van der Waals surface area contributed by atoms with Crippen LogP contribution in [0.1, 0.15) is 106 Å². The van der Waals surface area contributed by atoms with Gasteiger partial charge in [-0.05, 0) is 103 Å². The minimum atomic E-state index is -0.679. The van der Waals surface area contributed by atoms with Crippen molar-refractivity contribution < 1.29 is 20.1 Å². The first kappa shape index (κ1) is 24.8. The molecule has 0 amide bonds. The molecule has 4 nitrogen and oxygen atoms in total. The van der Waals surface area contributed by atoms with E-state index in [-0.39, 0.29) is 33.0 Å². The first-order valence-corrected chi connectivity index (χ1v) is 13.9. The third-order valence-electron chi connectivity index (χ3n) is 13.0. The highest BCUT2D eigenvalue weighted by atomic mass is 16.4. The van der Waals surface area contributed by atoms with Crippen molar-refractivity contribution >= 4 is 5.97 Å². The smallest absolute Gasteiger partial charge is 0.310 e. The maximum atomic E-state index is 12.8. The molecule has 0 aliphatic heterocycles. The van der Waals surface area contributed by atoms with Crippen LogP contribution in [0.25, 0.3) is 0 Å². The number of fused-ring (bicyclic) bond motifs is 7. The Hall–Kier alpha value is -0.870. The first-order chi connectivity index (χ1) is 15.6. The average molecular weight is 473 g/mol. The van der Waals surface area contributed by atoms with Crippen LogP contribution in [0, 0.1) is 50.2 Å². The third kappa shape index (κ3) is 2.88. The number of hydrogen-bond donors (Lipinski definition) is 3. The van der Waals surface area contributed by atoms with E-state index in [1.807, 2.05) is 0 Å². The Morgan fingerprint density at radius 3 is 2.18 bits per heavy atom. The van der Waals surface area contributed by atoms with E-state index >= 15 is 0 Å². The van der Waals surface area contributed by atoms with Crippen molar-refractivity contribution in [3.05, 3.63) is 11.6 Å². The molecular formula is C30H48O4. The molecule has 0 heterocycles. The van der Waals surface area contributed by atoms with Gasteiger partial charge in [0.05, 0.1) is 17.6 Å². The van der Waals surface area contributed by atoms with E-state index in [0.717, 1.165) is 51.4 Å². The van der Waals surface area contributed by atoms with Crippen LogP contribution >= 0.6 is 0 Å². The lowest BCUT2D eigenvalue weighted by Gasteiger charge is -2.71. The van der Waals surface area contributed by atoms with Crippen molar-refractivity contribution in [3.8, 4) is 0 Å². The normalized spacial score (nSPS) is 53.4. The number of aliphatic hydroxyl groups excluding tert-OH is 2. The Bertz CT molecular complexity index is 919. The number of aliphatic carboxylic acids is 1. The summed E-state index contributed by atoms with van der Waals surface area (Å²) >= 11 is 0. The fourth-order valence-corrected chi connectivity index (χ4v) is 10.8. The third-order valence-corrected chi connectivity index (χ3v) is 13.0. The standard InChI is InChI=1S/C30H48O4/c1-25(2)12-14-30(24(33)34)15-13-28(6)18(19(30)16-25)8-9-22-27(5)17-20(31)23(32)26(3,4)21(27)10-11-29(22,28)7/h8,19-23,31-32H,9-17H2,1-7H3,(H,33,34)/t19-,20+,21+,22-,23-,27-,28+,29+,30-/m0/s1. The van der Waals surface area contributed by atoms with E-state index in [2.05, 4.69) is 54.5 Å². The van der Waals surface area contributed by atoms with Gasteiger partial charge in [-0.3, -0.25) is 4.79 Å². The summed E-state index contributed by atoms with van der Waals surface area (Å²) in [6, 6.07) is 0. The van der Waals surface area contributed by atoms with Crippen molar-refractivity contribution in [3.63, 3.8) is 0 Å². The average Bonchev–Trinajstić information content (AvgIpc) is 2.72. The van der Waals surface area contributed by atoms with Crippen molar-refractivity contribution in [1.29, 1.82) is 0 Å². The fraction of sp³-hybridized carbons (Fsp3) is 0.900. The van der Waals surface area contributed by atoms with Gasteiger partial charge in [-0.1, -0.05) is 60.1 Å². The maximum Gasteiger partial charge on any atom is 0.310 e. The number of carboxylic acids is 1. The van der Waals surface area contributed by atoms with E-state index in [1.54, 1.807) is 0 Å². The number of carboxylic acid groups (broad SMARTS) is 1. The van der Waals surface area contributed by atoms with E-state index in [1.165, 1.54) is 5.57 Å². The van der Waals surface area contributed by atoms with Gasteiger partial charge < -0.3 is 15.3 Å². The van der Waals surface area contributed by atoms with Crippen molar-refractivity contribution in [1.82, 2.24) is 0 Å². The predicted octanol–water partition coefficient (Wildman–Crippen LogP) is 6.20. The Morgan fingerprint density at radius 2 is 1.53 bits per heavy atom. The number of rotatable bonds is 1. The lowest BCUT2D eigenvalue weighted by atomic mass is 9.33. The van der Waals surface area contributed by atoms with Crippen LogP contribution in [0.4, 0.5) is 0 Å². The zero-order valence-electron chi connectivity index (χ0n) is 22.6. The summed E-state index contributed by atoms with van der Waals surface area (Å²) in [4.78, 5) is 12.8. The lowest BCUT2D eigenvalue weighted by Crippen LogP contribution is -2.67. The summed E-state index contributed by atoms with van der Waals surface area (Å²) in [6.45, 7) is 16.3. The number of aliphatic hydroxyl groups is 2. The second-order valence-electron chi connectivity index (χ2n) is 15.2. The molecule has 0 spiro atoms. The number of hydrogen-bond acceptors (Lipinski definition) is 3. The monoisotopic (exact) mass is 472 g/mol. The summed E-state index contributed by atoms with van der Waals surface area (Å²) in [5.41, 5.74) is 0.754.